The second-order valence-electron chi connectivity index (χ2n) is 3.58. The molecule has 0 fully saturated rings. The van der Waals surface area contributed by atoms with E-state index in [-0.39, 0.29) is 5.56 Å². The van der Waals surface area contributed by atoms with E-state index in [1.54, 1.807) is 12.1 Å². The number of hydrogen-bond donors (Lipinski definition) is 2. The van der Waals surface area contributed by atoms with Gasteiger partial charge < -0.3 is 10.8 Å². The van der Waals surface area contributed by atoms with Gasteiger partial charge in [-0.1, -0.05) is 24.3 Å². The van der Waals surface area contributed by atoms with E-state index in [9.17, 15) is 13.2 Å². The van der Waals surface area contributed by atoms with Crippen LogP contribution in [0.1, 0.15) is 23.7 Å². The largest absolute Gasteiger partial charge is 0.418 e. The number of hydrogen-bond acceptors (Lipinski definition) is 2. The lowest BCUT2D eigenvalue weighted by atomic mass is 10.0. The van der Waals surface area contributed by atoms with Gasteiger partial charge in [-0.2, -0.15) is 13.2 Å². The third kappa shape index (κ3) is 3.50. The van der Waals surface area contributed by atoms with Gasteiger partial charge in [0.2, 0.25) is 0 Å². The molecule has 1 aromatic rings. The van der Waals surface area contributed by atoms with Gasteiger partial charge in [-0.05, 0) is 30.5 Å². The summed E-state index contributed by atoms with van der Waals surface area (Å²) in [6, 6.07) is 5.76. The molecule has 1 rings (SSSR count). The molecule has 0 aliphatic rings. The third-order valence-corrected chi connectivity index (χ3v) is 2.28. The van der Waals surface area contributed by atoms with Gasteiger partial charge in [-0.25, -0.2) is 0 Å². The molecule has 1 atom stereocenters. The summed E-state index contributed by atoms with van der Waals surface area (Å²) in [5, 5.41) is 8.98. The van der Waals surface area contributed by atoms with Crippen molar-refractivity contribution in [3.05, 3.63) is 35.4 Å². The Kier molecular flexibility index (Phi) is 4.32. The SMILES string of the molecule is NCCCc1ccc(C(O)C(F)(F)F)cc1. The third-order valence-electron chi connectivity index (χ3n) is 2.28. The van der Waals surface area contributed by atoms with E-state index in [4.69, 9.17) is 10.8 Å². The van der Waals surface area contributed by atoms with Crippen molar-refractivity contribution in [3.63, 3.8) is 0 Å². The van der Waals surface area contributed by atoms with Crippen LogP contribution in [-0.2, 0) is 6.42 Å². The van der Waals surface area contributed by atoms with E-state index in [2.05, 4.69) is 0 Å². The van der Waals surface area contributed by atoms with Crippen LogP contribution in [0, 0.1) is 0 Å². The number of alkyl halides is 3. The van der Waals surface area contributed by atoms with Crippen molar-refractivity contribution in [1.82, 2.24) is 0 Å². The zero-order valence-corrected chi connectivity index (χ0v) is 8.67. The average Bonchev–Trinajstić information content (AvgIpc) is 2.25. The number of halogens is 3. The highest BCUT2D eigenvalue weighted by Gasteiger charge is 2.39. The number of nitrogens with two attached hydrogens (primary N) is 1. The monoisotopic (exact) mass is 233 g/mol. The van der Waals surface area contributed by atoms with E-state index in [1.807, 2.05) is 0 Å². The zero-order chi connectivity index (χ0) is 12.2. The molecule has 3 N–H and O–H groups in total. The molecule has 0 aliphatic carbocycles. The summed E-state index contributed by atoms with van der Waals surface area (Å²) in [4.78, 5) is 0. The van der Waals surface area contributed by atoms with Crippen molar-refractivity contribution in [2.75, 3.05) is 6.54 Å². The van der Waals surface area contributed by atoms with E-state index >= 15 is 0 Å². The Balaban J connectivity index is 2.71. The van der Waals surface area contributed by atoms with Crippen LogP contribution in [0.5, 0.6) is 0 Å². The lowest BCUT2D eigenvalue weighted by Gasteiger charge is -2.14. The number of rotatable bonds is 4. The summed E-state index contributed by atoms with van der Waals surface area (Å²) in [7, 11) is 0. The van der Waals surface area contributed by atoms with Crippen LogP contribution in [0.3, 0.4) is 0 Å². The van der Waals surface area contributed by atoms with Crippen LogP contribution in [0.2, 0.25) is 0 Å². The van der Waals surface area contributed by atoms with Crippen LogP contribution in [0.15, 0.2) is 24.3 Å². The Hall–Kier alpha value is -1.07. The van der Waals surface area contributed by atoms with Gasteiger partial charge in [-0.3, -0.25) is 0 Å². The first-order valence-corrected chi connectivity index (χ1v) is 4.99. The van der Waals surface area contributed by atoms with Gasteiger partial charge in [-0.15, -0.1) is 0 Å². The van der Waals surface area contributed by atoms with Crippen molar-refractivity contribution >= 4 is 0 Å². The predicted octanol–water partition coefficient (Wildman–Crippen LogP) is 2.17. The van der Waals surface area contributed by atoms with Gasteiger partial charge in [0, 0.05) is 0 Å². The molecule has 1 aromatic carbocycles. The van der Waals surface area contributed by atoms with Crippen molar-refractivity contribution in [2.45, 2.75) is 25.1 Å². The molecule has 0 saturated carbocycles. The highest BCUT2D eigenvalue weighted by Crippen LogP contribution is 2.32. The average molecular weight is 233 g/mol. The summed E-state index contributed by atoms with van der Waals surface area (Å²) in [6.07, 6.45) is -5.49. The second kappa shape index (κ2) is 5.32. The number of aliphatic hydroxyl groups is 1. The van der Waals surface area contributed by atoms with Gasteiger partial charge >= 0.3 is 6.18 Å². The minimum atomic E-state index is -4.61. The van der Waals surface area contributed by atoms with E-state index in [0.717, 1.165) is 18.4 Å². The van der Waals surface area contributed by atoms with Gasteiger partial charge in [0.1, 0.15) is 0 Å². The normalized spacial score (nSPS) is 13.8. The van der Waals surface area contributed by atoms with Crippen LogP contribution in [-0.4, -0.2) is 17.8 Å². The van der Waals surface area contributed by atoms with Gasteiger partial charge in [0.15, 0.2) is 6.10 Å². The van der Waals surface area contributed by atoms with Crippen LogP contribution in [0.25, 0.3) is 0 Å². The molecule has 1 unspecified atom stereocenters. The molecule has 2 nitrogen and oxygen atoms in total. The highest BCUT2D eigenvalue weighted by atomic mass is 19.4. The lowest BCUT2D eigenvalue weighted by molar-refractivity contribution is -0.206. The summed E-state index contributed by atoms with van der Waals surface area (Å²) in [5.41, 5.74) is 6.11. The first-order valence-electron chi connectivity index (χ1n) is 4.99. The van der Waals surface area contributed by atoms with Crippen LogP contribution < -0.4 is 5.73 Å². The van der Waals surface area contributed by atoms with Crippen molar-refractivity contribution in [3.8, 4) is 0 Å². The van der Waals surface area contributed by atoms with E-state index in [1.165, 1.54) is 12.1 Å². The molecule has 0 amide bonds. The van der Waals surface area contributed by atoms with Crippen LogP contribution in [0.4, 0.5) is 13.2 Å². The smallest absolute Gasteiger partial charge is 0.379 e. The maximum atomic E-state index is 12.2. The van der Waals surface area contributed by atoms with Crippen molar-refractivity contribution in [2.24, 2.45) is 5.73 Å². The Bertz CT molecular complexity index is 321. The minimum Gasteiger partial charge on any atom is -0.379 e. The highest BCUT2D eigenvalue weighted by molar-refractivity contribution is 5.25. The lowest BCUT2D eigenvalue weighted by Crippen LogP contribution is -2.20. The molecule has 0 bridgehead atoms. The van der Waals surface area contributed by atoms with Crippen LogP contribution >= 0.6 is 0 Å². The first kappa shape index (κ1) is 13.0. The zero-order valence-electron chi connectivity index (χ0n) is 8.67. The summed E-state index contributed by atoms with van der Waals surface area (Å²) < 4.78 is 36.5. The fourth-order valence-corrected chi connectivity index (χ4v) is 1.36. The molecule has 90 valence electrons. The molecule has 0 saturated heterocycles. The topological polar surface area (TPSA) is 46.2 Å². The van der Waals surface area contributed by atoms with E-state index < -0.39 is 12.3 Å². The minimum absolute atomic E-state index is 0.135. The Labute approximate surface area is 91.9 Å². The quantitative estimate of drug-likeness (QED) is 0.837. The molecule has 0 spiro atoms. The van der Waals surface area contributed by atoms with Gasteiger partial charge in [0.25, 0.3) is 0 Å². The van der Waals surface area contributed by atoms with Crippen molar-refractivity contribution < 1.29 is 18.3 Å². The fourth-order valence-electron chi connectivity index (χ4n) is 1.36. The second-order valence-corrected chi connectivity index (χ2v) is 3.58. The molecule has 16 heavy (non-hydrogen) atoms. The Morgan fingerprint density at radius 2 is 1.75 bits per heavy atom. The molecule has 0 aromatic heterocycles. The summed E-state index contributed by atoms with van der Waals surface area (Å²) in [5.74, 6) is 0. The maximum absolute atomic E-state index is 12.2. The fraction of sp³-hybridized carbons (Fsp3) is 0.455. The van der Waals surface area contributed by atoms with E-state index in [0.29, 0.717) is 6.54 Å². The molecule has 0 aliphatic heterocycles. The molecule has 0 heterocycles. The number of aliphatic hydroxyl groups excluding tert-OH is 1. The standard InChI is InChI=1S/C11H14F3NO/c12-11(13,14)10(16)9-5-3-8(4-6-9)2-1-7-15/h3-6,10,16H,1-2,7,15H2. The molecular formula is C11H14F3NO. The summed E-state index contributed by atoms with van der Waals surface area (Å²) >= 11 is 0. The van der Waals surface area contributed by atoms with Gasteiger partial charge in [0.05, 0.1) is 0 Å². The van der Waals surface area contributed by atoms with Crippen molar-refractivity contribution in [1.29, 1.82) is 0 Å². The maximum Gasteiger partial charge on any atom is 0.418 e. The predicted molar refractivity (Wildman–Crippen MR) is 54.8 cm³/mol. The number of benzene rings is 1. The number of aryl methyl sites for hydroxylation is 1. The first-order chi connectivity index (χ1) is 7.45. The Morgan fingerprint density at radius 1 is 1.19 bits per heavy atom. The molecule has 0 radical (unpaired) electrons. The molecule has 5 heteroatoms. The Morgan fingerprint density at radius 3 is 2.19 bits per heavy atom. The summed E-state index contributed by atoms with van der Waals surface area (Å²) in [6.45, 7) is 0.549. The molecular weight excluding hydrogens is 219 g/mol.